The van der Waals surface area contributed by atoms with Crippen molar-refractivity contribution in [3.8, 4) is 5.75 Å². The highest BCUT2D eigenvalue weighted by Gasteiger charge is 2.23. The van der Waals surface area contributed by atoms with Crippen LogP contribution in [0.15, 0.2) is 54.6 Å². The van der Waals surface area contributed by atoms with Crippen LogP contribution in [-0.2, 0) is 6.42 Å². The summed E-state index contributed by atoms with van der Waals surface area (Å²) < 4.78 is 5.45. The number of nitrogens with one attached hydrogen (secondary N) is 1. The van der Waals surface area contributed by atoms with Crippen molar-refractivity contribution in [3.63, 3.8) is 0 Å². The molecule has 1 heterocycles. The maximum Gasteiger partial charge on any atom is 0.317 e. The summed E-state index contributed by atoms with van der Waals surface area (Å²) in [5.74, 6) is 0.880. The molecule has 0 unspecified atom stereocenters. The summed E-state index contributed by atoms with van der Waals surface area (Å²) in [4.78, 5) is 16.7. The van der Waals surface area contributed by atoms with Crippen molar-refractivity contribution >= 4 is 11.7 Å². The second kappa shape index (κ2) is 9.31. The van der Waals surface area contributed by atoms with Crippen molar-refractivity contribution in [2.45, 2.75) is 25.8 Å². The minimum Gasteiger partial charge on any atom is -0.495 e. The van der Waals surface area contributed by atoms with Crippen LogP contribution in [0.25, 0.3) is 0 Å². The van der Waals surface area contributed by atoms with E-state index in [2.05, 4.69) is 47.5 Å². The molecule has 1 saturated heterocycles. The molecular weight excluding hydrogens is 338 g/mol. The van der Waals surface area contributed by atoms with Crippen molar-refractivity contribution < 1.29 is 9.53 Å². The number of ether oxygens (including phenoxy) is 1. The molecule has 1 aliphatic rings. The van der Waals surface area contributed by atoms with Crippen LogP contribution in [-0.4, -0.2) is 50.3 Å². The second-order valence-corrected chi connectivity index (χ2v) is 7.02. The molecule has 144 valence electrons. The van der Waals surface area contributed by atoms with E-state index in [9.17, 15) is 4.79 Å². The Kier molecular flexibility index (Phi) is 6.58. The van der Waals surface area contributed by atoms with Crippen LogP contribution in [0.1, 0.15) is 18.9 Å². The molecule has 1 fully saturated rings. The van der Waals surface area contributed by atoms with E-state index in [-0.39, 0.29) is 12.1 Å². The van der Waals surface area contributed by atoms with E-state index in [0.29, 0.717) is 0 Å². The number of carbonyl (C=O) groups excluding carboxylic acids is 1. The van der Waals surface area contributed by atoms with Gasteiger partial charge in [0.25, 0.3) is 0 Å². The summed E-state index contributed by atoms with van der Waals surface area (Å²) >= 11 is 0. The quantitative estimate of drug-likeness (QED) is 0.849. The molecule has 5 nitrogen and oxygen atoms in total. The molecule has 1 N–H and O–H groups in total. The summed E-state index contributed by atoms with van der Waals surface area (Å²) in [6.45, 7) is 5.13. The van der Waals surface area contributed by atoms with Gasteiger partial charge in [-0.05, 0) is 37.5 Å². The number of hydrogen-bond acceptors (Lipinski definition) is 3. The molecule has 2 aromatic rings. The van der Waals surface area contributed by atoms with E-state index in [0.717, 1.165) is 50.5 Å². The second-order valence-electron chi connectivity index (χ2n) is 7.02. The average Bonchev–Trinajstić information content (AvgIpc) is 2.73. The standard InChI is InChI=1S/C22H29N3O2/c1-18(12-13-19-8-4-3-5-9-19)23-22(26)25-16-14-24(15-17-25)20-10-6-7-11-21(20)27-2/h3-11,18H,12-17H2,1-2H3,(H,23,26)/t18-/m0/s1. The number of anilines is 1. The number of methoxy groups -OCH3 is 1. The number of piperazine rings is 1. The highest BCUT2D eigenvalue weighted by atomic mass is 16.5. The van der Waals surface area contributed by atoms with E-state index < -0.39 is 0 Å². The number of rotatable bonds is 6. The van der Waals surface area contributed by atoms with Crippen molar-refractivity contribution in [3.05, 3.63) is 60.2 Å². The van der Waals surface area contributed by atoms with Gasteiger partial charge in [-0.3, -0.25) is 0 Å². The molecule has 1 aliphatic heterocycles. The first kappa shape index (κ1) is 19.1. The van der Waals surface area contributed by atoms with Gasteiger partial charge in [0.1, 0.15) is 5.75 Å². The molecular formula is C22H29N3O2. The van der Waals surface area contributed by atoms with Gasteiger partial charge in [-0.2, -0.15) is 0 Å². The summed E-state index contributed by atoms with van der Waals surface area (Å²) in [7, 11) is 1.69. The third kappa shape index (κ3) is 5.16. The van der Waals surface area contributed by atoms with Crippen LogP contribution in [0, 0.1) is 0 Å². The van der Waals surface area contributed by atoms with Crippen LogP contribution in [0.3, 0.4) is 0 Å². The third-order valence-corrected chi connectivity index (χ3v) is 5.07. The molecule has 0 radical (unpaired) electrons. The van der Waals surface area contributed by atoms with E-state index in [1.807, 2.05) is 29.2 Å². The fourth-order valence-corrected chi connectivity index (χ4v) is 3.44. The number of amides is 2. The highest BCUT2D eigenvalue weighted by Crippen LogP contribution is 2.28. The zero-order chi connectivity index (χ0) is 19.1. The number of carbonyl (C=O) groups is 1. The van der Waals surface area contributed by atoms with Crippen molar-refractivity contribution in [1.29, 1.82) is 0 Å². The molecule has 0 saturated carbocycles. The summed E-state index contributed by atoms with van der Waals surface area (Å²) in [5.41, 5.74) is 2.40. The molecule has 0 aliphatic carbocycles. The van der Waals surface area contributed by atoms with E-state index in [1.165, 1.54) is 5.56 Å². The van der Waals surface area contributed by atoms with Gasteiger partial charge in [0.05, 0.1) is 12.8 Å². The highest BCUT2D eigenvalue weighted by molar-refractivity contribution is 5.75. The predicted molar refractivity (Wildman–Crippen MR) is 110 cm³/mol. The molecule has 0 aromatic heterocycles. The van der Waals surface area contributed by atoms with Gasteiger partial charge in [0.2, 0.25) is 0 Å². The fraction of sp³-hybridized carbons (Fsp3) is 0.409. The molecule has 2 aromatic carbocycles. The lowest BCUT2D eigenvalue weighted by Gasteiger charge is -2.37. The minimum atomic E-state index is 0.0373. The Balaban J connectivity index is 1.45. The Morgan fingerprint density at radius 2 is 1.70 bits per heavy atom. The lowest BCUT2D eigenvalue weighted by molar-refractivity contribution is 0.190. The fourth-order valence-electron chi connectivity index (χ4n) is 3.44. The number of para-hydroxylation sites is 2. The molecule has 1 atom stereocenters. The maximum atomic E-state index is 12.6. The van der Waals surface area contributed by atoms with Crippen LogP contribution >= 0.6 is 0 Å². The van der Waals surface area contributed by atoms with Gasteiger partial charge in [0.15, 0.2) is 0 Å². The molecule has 0 bridgehead atoms. The van der Waals surface area contributed by atoms with E-state index in [1.54, 1.807) is 7.11 Å². The maximum absolute atomic E-state index is 12.6. The number of hydrogen-bond donors (Lipinski definition) is 1. The SMILES string of the molecule is COc1ccccc1N1CCN(C(=O)N[C@@H](C)CCc2ccccc2)CC1. The first-order valence-electron chi connectivity index (χ1n) is 9.64. The Bertz CT molecular complexity index is 727. The van der Waals surface area contributed by atoms with Gasteiger partial charge in [-0.15, -0.1) is 0 Å². The van der Waals surface area contributed by atoms with Gasteiger partial charge in [-0.25, -0.2) is 4.79 Å². The van der Waals surface area contributed by atoms with Gasteiger partial charge in [-0.1, -0.05) is 42.5 Å². The Hall–Kier alpha value is -2.69. The van der Waals surface area contributed by atoms with Gasteiger partial charge in [0, 0.05) is 32.2 Å². The first-order chi connectivity index (χ1) is 13.2. The van der Waals surface area contributed by atoms with E-state index >= 15 is 0 Å². The normalized spacial score (nSPS) is 15.3. The Morgan fingerprint density at radius 1 is 1.04 bits per heavy atom. The smallest absolute Gasteiger partial charge is 0.317 e. The van der Waals surface area contributed by atoms with Gasteiger partial charge >= 0.3 is 6.03 Å². The van der Waals surface area contributed by atoms with E-state index in [4.69, 9.17) is 4.74 Å². The molecule has 2 amide bonds. The van der Waals surface area contributed by atoms with Gasteiger partial charge < -0.3 is 19.9 Å². The van der Waals surface area contributed by atoms with Crippen molar-refractivity contribution in [2.75, 3.05) is 38.2 Å². The third-order valence-electron chi connectivity index (χ3n) is 5.07. The average molecular weight is 367 g/mol. The molecule has 0 spiro atoms. The zero-order valence-corrected chi connectivity index (χ0v) is 16.2. The van der Waals surface area contributed by atoms with Crippen LogP contribution in [0.2, 0.25) is 0 Å². The minimum absolute atomic E-state index is 0.0373. The van der Waals surface area contributed by atoms with Crippen LogP contribution in [0.5, 0.6) is 5.75 Å². The topological polar surface area (TPSA) is 44.8 Å². The van der Waals surface area contributed by atoms with Crippen molar-refractivity contribution in [1.82, 2.24) is 10.2 Å². The van der Waals surface area contributed by atoms with Crippen LogP contribution < -0.4 is 15.0 Å². The monoisotopic (exact) mass is 367 g/mol. The summed E-state index contributed by atoms with van der Waals surface area (Å²) in [5, 5.41) is 3.14. The number of aryl methyl sites for hydroxylation is 1. The predicted octanol–water partition coefficient (Wildman–Crippen LogP) is 3.55. The Labute approximate surface area is 161 Å². The zero-order valence-electron chi connectivity index (χ0n) is 16.2. The number of nitrogens with zero attached hydrogens (tertiary/aromatic N) is 2. The lowest BCUT2D eigenvalue weighted by Crippen LogP contribution is -2.53. The molecule has 5 heteroatoms. The summed E-state index contributed by atoms with van der Waals surface area (Å²) in [6.07, 6.45) is 1.92. The van der Waals surface area contributed by atoms with Crippen molar-refractivity contribution in [2.24, 2.45) is 0 Å². The number of urea groups is 1. The summed E-state index contributed by atoms with van der Waals surface area (Å²) in [6, 6.07) is 18.6. The first-order valence-corrected chi connectivity index (χ1v) is 9.64. The largest absolute Gasteiger partial charge is 0.495 e. The molecule has 27 heavy (non-hydrogen) atoms. The lowest BCUT2D eigenvalue weighted by atomic mass is 10.1. The number of benzene rings is 2. The molecule has 3 rings (SSSR count). The van der Waals surface area contributed by atoms with Crippen LogP contribution in [0.4, 0.5) is 10.5 Å². The Morgan fingerprint density at radius 3 is 2.41 bits per heavy atom.